The third-order valence-electron chi connectivity index (χ3n) is 2.96. The van der Waals surface area contributed by atoms with Crippen LogP contribution in [-0.4, -0.2) is 10.1 Å². The minimum Gasteiger partial charge on any atom is -0.455 e. The third-order valence-corrected chi connectivity index (χ3v) is 2.96. The van der Waals surface area contributed by atoms with Crippen LogP contribution in [0.25, 0.3) is 10.9 Å². The van der Waals surface area contributed by atoms with Gasteiger partial charge < -0.3 is 9.84 Å². The highest BCUT2D eigenvalue weighted by atomic mass is 16.5. The molecule has 1 N–H and O–H groups in total. The predicted octanol–water partition coefficient (Wildman–Crippen LogP) is 3.52. The number of hydrogen-bond acceptors (Lipinski definition) is 3. The average molecular weight is 251 g/mol. The van der Waals surface area contributed by atoms with Crippen molar-refractivity contribution in [2.75, 3.05) is 0 Å². The number of rotatable bonds is 3. The first-order valence-electron chi connectivity index (χ1n) is 6.09. The van der Waals surface area contributed by atoms with E-state index in [1.807, 2.05) is 54.6 Å². The lowest BCUT2D eigenvalue weighted by Crippen LogP contribution is -1.92. The van der Waals surface area contributed by atoms with E-state index in [0.717, 1.165) is 16.5 Å². The number of hydrogen-bond donors (Lipinski definition) is 1. The van der Waals surface area contributed by atoms with Gasteiger partial charge in [0.05, 0.1) is 6.61 Å². The molecule has 0 aliphatic rings. The Morgan fingerprint density at radius 3 is 2.58 bits per heavy atom. The van der Waals surface area contributed by atoms with Crippen molar-refractivity contribution in [3.05, 3.63) is 66.4 Å². The van der Waals surface area contributed by atoms with Gasteiger partial charge in [0.15, 0.2) is 5.75 Å². The summed E-state index contributed by atoms with van der Waals surface area (Å²) >= 11 is 0. The second-order valence-corrected chi connectivity index (χ2v) is 4.20. The molecular formula is C16H13NO2. The number of nitrogens with zero attached hydrogens (tertiary/aromatic N) is 1. The minimum absolute atomic E-state index is 0.0473. The SMILES string of the molecule is OCc1ccccc1Oc1cccc2cccnc12. The van der Waals surface area contributed by atoms with Gasteiger partial charge in [0.25, 0.3) is 0 Å². The molecule has 19 heavy (non-hydrogen) atoms. The Morgan fingerprint density at radius 1 is 0.895 bits per heavy atom. The summed E-state index contributed by atoms with van der Waals surface area (Å²) in [5.41, 5.74) is 1.58. The van der Waals surface area contributed by atoms with Gasteiger partial charge in [-0.1, -0.05) is 36.4 Å². The Hall–Kier alpha value is -2.39. The predicted molar refractivity (Wildman–Crippen MR) is 74.2 cm³/mol. The highest BCUT2D eigenvalue weighted by molar-refractivity contribution is 5.84. The number of pyridine rings is 1. The quantitative estimate of drug-likeness (QED) is 0.774. The normalized spacial score (nSPS) is 10.6. The number of aliphatic hydroxyl groups is 1. The first-order valence-corrected chi connectivity index (χ1v) is 6.09. The number of ether oxygens (including phenoxy) is 1. The molecule has 0 bridgehead atoms. The monoisotopic (exact) mass is 251 g/mol. The van der Waals surface area contributed by atoms with E-state index in [1.54, 1.807) is 6.20 Å². The van der Waals surface area contributed by atoms with Crippen molar-refractivity contribution in [1.82, 2.24) is 4.98 Å². The molecule has 1 aromatic heterocycles. The molecule has 3 rings (SSSR count). The van der Waals surface area contributed by atoms with Gasteiger partial charge in [-0.3, -0.25) is 4.98 Å². The lowest BCUT2D eigenvalue weighted by atomic mass is 10.2. The summed E-state index contributed by atoms with van der Waals surface area (Å²) in [6.07, 6.45) is 1.74. The highest BCUT2D eigenvalue weighted by Crippen LogP contribution is 2.30. The molecule has 0 aliphatic carbocycles. The maximum atomic E-state index is 9.31. The van der Waals surface area contributed by atoms with Gasteiger partial charge in [-0.05, 0) is 18.2 Å². The van der Waals surface area contributed by atoms with Crippen LogP contribution in [0.2, 0.25) is 0 Å². The van der Waals surface area contributed by atoms with Crippen molar-refractivity contribution in [1.29, 1.82) is 0 Å². The summed E-state index contributed by atoms with van der Waals surface area (Å²) < 4.78 is 5.89. The maximum absolute atomic E-state index is 9.31. The Labute approximate surface area is 111 Å². The lowest BCUT2D eigenvalue weighted by Gasteiger charge is -2.11. The van der Waals surface area contributed by atoms with Gasteiger partial charge in [-0.2, -0.15) is 0 Å². The molecule has 3 aromatic rings. The molecule has 0 spiro atoms. The molecule has 3 heteroatoms. The van der Waals surface area contributed by atoms with Crippen LogP contribution in [0.5, 0.6) is 11.5 Å². The lowest BCUT2D eigenvalue weighted by molar-refractivity contribution is 0.276. The van der Waals surface area contributed by atoms with Gasteiger partial charge >= 0.3 is 0 Å². The van der Waals surface area contributed by atoms with Crippen LogP contribution in [0.15, 0.2) is 60.8 Å². The fourth-order valence-corrected chi connectivity index (χ4v) is 2.01. The first-order chi connectivity index (χ1) is 9.38. The summed E-state index contributed by atoms with van der Waals surface area (Å²) in [5, 5.41) is 10.3. The van der Waals surface area contributed by atoms with Crippen molar-refractivity contribution < 1.29 is 9.84 Å². The van der Waals surface area contributed by atoms with E-state index in [4.69, 9.17) is 4.74 Å². The molecule has 94 valence electrons. The zero-order chi connectivity index (χ0) is 13.1. The van der Waals surface area contributed by atoms with Crippen molar-refractivity contribution in [3.8, 4) is 11.5 Å². The maximum Gasteiger partial charge on any atom is 0.153 e. The summed E-state index contributed by atoms with van der Waals surface area (Å²) in [4.78, 5) is 4.35. The minimum atomic E-state index is -0.0473. The molecular weight excluding hydrogens is 238 g/mol. The topological polar surface area (TPSA) is 42.4 Å². The fraction of sp³-hybridized carbons (Fsp3) is 0.0625. The van der Waals surface area contributed by atoms with Gasteiger partial charge in [0.1, 0.15) is 11.3 Å². The zero-order valence-corrected chi connectivity index (χ0v) is 10.3. The zero-order valence-electron chi connectivity index (χ0n) is 10.3. The van der Waals surface area contributed by atoms with E-state index >= 15 is 0 Å². The Morgan fingerprint density at radius 2 is 1.68 bits per heavy atom. The van der Waals surface area contributed by atoms with Crippen LogP contribution in [0.3, 0.4) is 0 Å². The molecule has 0 atom stereocenters. The molecule has 0 radical (unpaired) electrons. The number of aromatic nitrogens is 1. The molecule has 0 fully saturated rings. The number of fused-ring (bicyclic) bond motifs is 1. The summed E-state index contributed by atoms with van der Waals surface area (Å²) in [7, 11) is 0. The summed E-state index contributed by atoms with van der Waals surface area (Å²) in [6, 6.07) is 17.1. The fourth-order valence-electron chi connectivity index (χ4n) is 2.01. The van der Waals surface area contributed by atoms with E-state index < -0.39 is 0 Å². The van der Waals surface area contributed by atoms with E-state index in [0.29, 0.717) is 11.5 Å². The Balaban J connectivity index is 2.06. The van der Waals surface area contributed by atoms with E-state index in [9.17, 15) is 5.11 Å². The standard InChI is InChI=1S/C16H13NO2/c18-11-13-5-1-2-8-14(13)19-15-9-3-6-12-7-4-10-17-16(12)15/h1-10,18H,11H2. The second-order valence-electron chi connectivity index (χ2n) is 4.20. The summed E-state index contributed by atoms with van der Waals surface area (Å²) in [6.45, 7) is -0.0473. The van der Waals surface area contributed by atoms with Crippen LogP contribution in [0, 0.1) is 0 Å². The Bertz CT molecular complexity index is 704. The molecule has 1 heterocycles. The van der Waals surface area contributed by atoms with Gasteiger partial charge in [-0.15, -0.1) is 0 Å². The highest BCUT2D eigenvalue weighted by Gasteiger charge is 2.07. The largest absolute Gasteiger partial charge is 0.455 e. The van der Waals surface area contributed by atoms with Crippen molar-refractivity contribution in [2.24, 2.45) is 0 Å². The van der Waals surface area contributed by atoms with Gasteiger partial charge in [0.2, 0.25) is 0 Å². The summed E-state index contributed by atoms with van der Waals surface area (Å²) in [5.74, 6) is 1.35. The van der Waals surface area contributed by atoms with Crippen molar-refractivity contribution in [2.45, 2.75) is 6.61 Å². The molecule has 0 unspecified atom stereocenters. The Kier molecular flexibility index (Phi) is 3.12. The van der Waals surface area contributed by atoms with Crippen LogP contribution < -0.4 is 4.74 Å². The van der Waals surface area contributed by atoms with E-state index in [2.05, 4.69) is 4.98 Å². The van der Waals surface area contributed by atoms with Gasteiger partial charge in [-0.25, -0.2) is 0 Å². The van der Waals surface area contributed by atoms with Crippen LogP contribution in [0.1, 0.15) is 5.56 Å². The average Bonchev–Trinajstić information content (AvgIpc) is 2.48. The van der Waals surface area contributed by atoms with Gasteiger partial charge in [0, 0.05) is 17.1 Å². The molecule has 2 aromatic carbocycles. The van der Waals surface area contributed by atoms with Crippen molar-refractivity contribution >= 4 is 10.9 Å². The molecule has 0 amide bonds. The van der Waals surface area contributed by atoms with Crippen LogP contribution in [0.4, 0.5) is 0 Å². The second kappa shape index (κ2) is 5.08. The molecule has 0 aliphatic heterocycles. The smallest absolute Gasteiger partial charge is 0.153 e. The first kappa shape index (κ1) is 11.7. The number of benzene rings is 2. The van der Waals surface area contributed by atoms with E-state index in [-0.39, 0.29) is 6.61 Å². The number of para-hydroxylation sites is 2. The van der Waals surface area contributed by atoms with Crippen LogP contribution >= 0.6 is 0 Å². The molecule has 0 saturated heterocycles. The molecule has 3 nitrogen and oxygen atoms in total. The van der Waals surface area contributed by atoms with E-state index in [1.165, 1.54) is 0 Å². The molecule has 0 saturated carbocycles. The number of aliphatic hydroxyl groups excluding tert-OH is 1. The van der Waals surface area contributed by atoms with Crippen LogP contribution in [-0.2, 0) is 6.61 Å². The third kappa shape index (κ3) is 2.28. The van der Waals surface area contributed by atoms with Crippen molar-refractivity contribution in [3.63, 3.8) is 0 Å².